The first-order valence-electron chi connectivity index (χ1n) is 10.9. The number of rotatable bonds is 2. The molecule has 3 aliphatic rings. The fourth-order valence-corrected chi connectivity index (χ4v) is 6.70. The largest absolute Gasteiger partial charge is 0.508 e. The summed E-state index contributed by atoms with van der Waals surface area (Å²) in [6.07, 6.45) is 10.0. The Balaban J connectivity index is 1.42. The summed E-state index contributed by atoms with van der Waals surface area (Å²) >= 11 is 0. The second kappa shape index (κ2) is 6.70. The Hall–Kier alpha value is -2.13. The number of phenols is 1. The van der Waals surface area contributed by atoms with Gasteiger partial charge in [0.05, 0.1) is 5.60 Å². The number of aliphatic hydroxyl groups is 1. The van der Waals surface area contributed by atoms with Gasteiger partial charge < -0.3 is 10.2 Å². The van der Waals surface area contributed by atoms with E-state index >= 15 is 0 Å². The molecule has 2 N–H and O–H groups in total. The van der Waals surface area contributed by atoms with Crippen molar-refractivity contribution in [2.24, 2.45) is 17.3 Å². The second-order valence-electron chi connectivity index (χ2n) is 9.60. The minimum Gasteiger partial charge on any atom is -0.508 e. The van der Waals surface area contributed by atoms with Gasteiger partial charge in [-0.05, 0) is 97.2 Å². The topological polar surface area (TPSA) is 40.5 Å². The molecule has 0 aliphatic heterocycles. The van der Waals surface area contributed by atoms with Crippen molar-refractivity contribution in [2.75, 3.05) is 0 Å². The molecule has 0 radical (unpaired) electrons. The van der Waals surface area contributed by atoms with Gasteiger partial charge in [-0.15, -0.1) is 0 Å². The maximum atomic E-state index is 13.2. The fourth-order valence-electron chi connectivity index (χ4n) is 6.70. The quantitative estimate of drug-likeness (QED) is 0.675. The summed E-state index contributed by atoms with van der Waals surface area (Å²) in [5.41, 5.74) is 2.70. The van der Waals surface area contributed by atoms with Crippen LogP contribution >= 0.6 is 0 Å². The zero-order valence-electron chi connectivity index (χ0n) is 16.9. The lowest BCUT2D eigenvalue weighted by Gasteiger charge is -2.52. The average Bonchev–Trinajstić information content (AvgIpc) is 2.98. The molecule has 0 amide bonds. The predicted octanol–water partition coefficient (Wildman–Crippen LogP) is 5.83. The minimum atomic E-state index is -0.813. The van der Waals surface area contributed by atoms with Crippen LogP contribution in [-0.4, -0.2) is 15.8 Å². The highest BCUT2D eigenvalue weighted by atomic mass is 19.1. The van der Waals surface area contributed by atoms with E-state index < -0.39 is 5.60 Å². The van der Waals surface area contributed by atoms with Crippen LogP contribution in [0, 0.1) is 23.1 Å². The van der Waals surface area contributed by atoms with Crippen LogP contribution in [-0.2, 0) is 6.42 Å². The Morgan fingerprint density at radius 3 is 2.62 bits per heavy atom. The molecule has 0 saturated heterocycles. The van der Waals surface area contributed by atoms with Crippen LogP contribution in [0.1, 0.15) is 61.6 Å². The molecule has 3 aliphatic carbocycles. The minimum absolute atomic E-state index is 0.126. The van der Waals surface area contributed by atoms with E-state index in [9.17, 15) is 14.6 Å². The molecule has 2 aromatic rings. The average molecular weight is 393 g/mol. The molecule has 0 heterocycles. The van der Waals surface area contributed by atoms with Gasteiger partial charge in [0, 0.05) is 5.41 Å². The Labute approximate surface area is 172 Å². The smallest absolute Gasteiger partial charge is 0.123 e. The van der Waals surface area contributed by atoms with Crippen LogP contribution in [0.5, 0.6) is 5.75 Å². The number of fused-ring (bicyclic) bond motifs is 5. The fraction of sp³-hybridized carbons (Fsp3) is 0.462. The Morgan fingerprint density at radius 1 is 1.03 bits per heavy atom. The van der Waals surface area contributed by atoms with E-state index in [1.807, 2.05) is 24.3 Å². The first-order chi connectivity index (χ1) is 13.9. The summed E-state index contributed by atoms with van der Waals surface area (Å²) in [5, 5.41) is 21.5. The molecular formula is C26H29FO2. The van der Waals surface area contributed by atoms with Crippen LogP contribution in [0.4, 0.5) is 4.39 Å². The molecule has 2 saturated carbocycles. The summed E-state index contributed by atoms with van der Waals surface area (Å²) in [4.78, 5) is 0. The Bertz CT molecular complexity index is 950. The van der Waals surface area contributed by atoms with Crippen molar-refractivity contribution < 1.29 is 14.6 Å². The van der Waals surface area contributed by atoms with E-state index in [4.69, 9.17) is 0 Å². The van der Waals surface area contributed by atoms with Gasteiger partial charge in [0.1, 0.15) is 11.6 Å². The van der Waals surface area contributed by atoms with Crippen molar-refractivity contribution in [3.8, 4) is 5.75 Å². The van der Waals surface area contributed by atoms with Crippen molar-refractivity contribution in [2.45, 2.75) is 57.0 Å². The van der Waals surface area contributed by atoms with Gasteiger partial charge in [-0.3, -0.25) is 0 Å². The molecule has 5 atom stereocenters. The normalized spacial score (nSPS) is 35.9. The van der Waals surface area contributed by atoms with Gasteiger partial charge in [0.25, 0.3) is 0 Å². The molecule has 0 spiro atoms. The van der Waals surface area contributed by atoms with Gasteiger partial charge in [-0.2, -0.15) is 0 Å². The number of phenolic OH excluding ortho intramolecular Hbond substituents is 1. The van der Waals surface area contributed by atoms with Crippen LogP contribution in [0.2, 0.25) is 0 Å². The molecule has 152 valence electrons. The van der Waals surface area contributed by atoms with Crippen molar-refractivity contribution in [3.05, 3.63) is 71.0 Å². The summed E-state index contributed by atoms with van der Waals surface area (Å²) in [7, 11) is 0. The van der Waals surface area contributed by atoms with Crippen LogP contribution in [0.15, 0.2) is 48.5 Å². The lowest BCUT2D eigenvalue weighted by Crippen LogP contribution is -2.49. The van der Waals surface area contributed by atoms with Crippen molar-refractivity contribution in [1.82, 2.24) is 0 Å². The van der Waals surface area contributed by atoms with E-state index in [2.05, 4.69) is 13.0 Å². The first-order valence-corrected chi connectivity index (χ1v) is 10.9. The highest BCUT2D eigenvalue weighted by molar-refractivity contribution is 5.51. The number of halogens is 1. The summed E-state index contributed by atoms with van der Waals surface area (Å²) in [6, 6.07) is 12.3. The Morgan fingerprint density at radius 2 is 1.83 bits per heavy atom. The maximum absolute atomic E-state index is 13.2. The molecule has 0 unspecified atom stereocenters. The molecular weight excluding hydrogens is 363 g/mol. The maximum Gasteiger partial charge on any atom is 0.123 e. The van der Waals surface area contributed by atoms with E-state index in [-0.39, 0.29) is 11.2 Å². The van der Waals surface area contributed by atoms with Gasteiger partial charge in [-0.1, -0.05) is 37.3 Å². The van der Waals surface area contributed by atoms with Gasteiger partial charge in [0.2, 0.25) is 0 Å². The summed E-state index contributed by atoms with van der Waals surface area (Å²) in [6.45, 7) is 2.28. The molecule has 0 bridgehead atoms. The van der Waals surface area contributed by atoms with Crippen molar-refractivity contribution >= 4 is 6.08 Å². The number of benzene rings is 2. The number of aryl methyl sites for hydroxylation is 1. The number of hydrogen-bond acceptors (Lipinski definition) is 2. The third kappa shape index (κ3) is 2.93. The number of aromatic hydroxyl groups is 1. The van der Waals surface area contributed by atoms with Crippen LogP contribution < -0.4 is 0 Å². The Kier molecular flexibility index (Phi) is 4.36. The lowest BCUT2D eigenvalue weighted by molar-refractivity contribution is -0.0705. The SMILES string of the molecule is C[C@]12CC[C@@H]3c4ccc(O)cc4CC[C@H]3[C@@H]1CC[C@@]2(O)C=Cc1ccc(F)cc1. The standard InChI is InChI=1S/C26H29FO2/c1-25-13-11-22-21-9-7-20(28)16-18(21)4-8-23(22)24(25)12-15-26(25,29)14-10-17-2-5-19(27)6-3-17/h2-3,5-7,9-10,14,16,22-24,28-29H,4,8,11-13,15H2,1H3/t22-,23-,24+,25+,26+/m1/s1. The lowest BCUT2D eigenvalue weighted by atomic mass is 9.53. The summed E-state index contributed by atoms with van der Waals surface area (Å²) < 4.78 is 13.2. The van der Waals surface area contributed by atoms with Gasteiger partial charge >= 0.3 is 0 Å². The highest BCUT2D eigenvalue weighted by Gasteiger charge is 2.60. The molecule has 3 heteroatoms. The molecule has 2 aromatic carbocycles. The van der Waals surface area contributed by atoms with Crippen LogP contribution in [0.25, 0.3) is 6.08 Å². The predicted molar refractivity (Wildman–Crippen MR) is 113 cm³/mol. The third-order valence-corrected chi connectivity index (χ3v) is 8.35. The zero-order valence-corrected chi connectivity index (χ0v) is 16.9. The van der Waals surface area contributed by atoms with E-state index in [1.54, 1.807) is 12.1 Å². The molecule has 2 fully saturated rings. The molecule has 2 nitrogen and oxygen atoms in total. The summed E-state index contributed by atoms with van der Waals surface area (Å²) in [5.74, 6) is 1.77. The van der Waals surface area contributed by atoms with Crippen molar-refractivity contribution in [1.29, 1.82) is 0 Å². The van der Waals surface area contributed by atoms with Crippen molar-refractivity contribution in [3.63, 3.8) is 0 Å². The number of hydrogen-bond donors (Lipinski definition) is 2. The molecule has 0 aromatic heterocycles. The van der Waals surface area contributed by atoms with Gasteiger partial charge in [0.15, 0.2) is 0 Å². The molecule has 5 rings (SSSR count). The van der Waals surface area contributed by atoms with E-state index in [1.165, 1.54) is 23.3 Å². The van der Waals surface area contributed by atoms with Gasteiger partial charge in [-0.25, -0.2) is 4.39 Å². The highest BCUT2D eigenvalue weighted by Crippen LogP contribution is 2.64. The molecule has 29 heavy (non-hydrogen) atoms. The first kappa shape index (κ1) is 18.9. The van der Waals surface area contributed by atoms with Crippen LogP contribution in [0.3, 0.4) is 0 Å². The van der Waals surface area contributed by atoms with E-state index in [0.29, 0.717) is 23.5 Å². The monoisotopic (exact) mass is 392 g/mol. The zero-order chi connectivity index (χ0) is 20.2. The second-order valence-corrected chi connectivity index (χ2v) is 9.60. The third-order valence-electron chi connectivity index (χ3n) is 8.35. The van der Waals surface area contributed by atoms with E-state index in [0.717, 1.165) is 44.1 Å².